The number of carbonyl (C=O) groups is 1. The van der Waals surface area contributed by atoms with Crippen molar-refractivity contribution in [2.24, 2.45) is 5.92 Å². The quantitative estimate of drug-likeness (QED) is 0.575. The zero-order valence-corrected chi connectivity index (χ0v) is 20.3. The van der Waals surface area contributed by atoms with Crippen LogP contribution in [-0.4, -0.2) is 44.9 Å². The van der Waals surface area contributed by atoms with Gasteiger partial charge in [-0.25, -0.2) is 8.42 Å². The van der Waals surface area contributed by atoms with E-state index in [1.807, 2.05) is 18.2 Å². The number of fused-ring (bicyclic) bond motifs is 1. The van der Waals surface area contributed by atoms with Crippen molar-refractivity contribution in [2.75, 3.05) is 31.1 Å². The fourth-order valence-electron chi connectivity index (χ4n) is 4.28. The number of halogens is 2. The van der Waals surface area contributed by atoms with Gasteiger partial charge in [-0.15, -0.1) is 0 Å². The molecule has 0 aliphatic carbocycles. The van der Waals surface area contributed by atoms with Crippen molar-refractivity contribution in [3.05, 3.63) is 51.5 Å². The molecule has 166 valence electrons. The van der Waals surface area contributed by atoms with E-state index in [0.717, 1.165) is 22.1 Å². The Balaban J connectivity index is 1.57. The zero-order chi connectivity index (χ0) is 22.2. The fraction of sp³-hybridized carbons (Fsp3) is 0.409. The molecule has 2 heterocycles. The minimum Gasteiger partial charge on any atom is -0.492 e. The van der Waals surface area contributed by atoms with Crippen molar-refractivity contribution in [2.45, 2.75) is 31.1 Å². The van der Waals surface area contributed by atoms with E-state index in [1.54, 1.807) is 24.0 Å². The third-order valence-electron chi connectivity index (χ3n) is 5.76. The molecule has 4 rings (SSSR count). The van der Waals surface area contributed by atoms with Gasteiger partial charge in [0.25, 0.3) is 0 Å². The minimum atomic E-state index is -3.85. The van der Waals surface area contributed by atoms with Gasteiger partial charge < -0.3 is 9.64 Å². The van der Waals surface area contributed by atoms with Crippen LogP contribution in [0.4, 0.5) is 5.69 Å². The number of sulfonamides is 1. The van der Waals surface area contributed by atoms with Gasteiger partial charge in [-0.2, -0.15) is 4.31 Å². The number of rotatable bonds is 5. The van der Waals surface area contributed by atoms with Gasteiger partial charge in [0.2, 0.25) is 15.9 Å². The molecule has 0 radical (unpaired) electrons. The van der Waals surface area contributed by atoms with Crippen LogP contribution in [0.1, 0.15) is 25.3 Å². The predicted octanol–water partition coefficient (Wildman–Crippen LogP) is 4.49. The van der Waals surface area contributed by atoms with Gasteiger partial charge in [0, 0.05) is 34.8 Å². The predicted molar refractivity (Wildman–Crippen MR) is 124 cm³/mol. The first-order valence-electron chi connectivity index (χ1n) is 10.3. The Hall–Kier alpha value is -1.61. The Labute approximate surface area is 196 Å². The van der Waals surface area contributed by atoms with Crippen molar-refractivity contribution in [3.63, 3.8) is 0 Å². The van der Waals surface area contributed by atoms with E-state index >= 15 is 0 Å². The summed E-state index contributed by atoms with van der Waals surface area (Å²) >= 11 is 9.56. The molecule has 2 aromatic carbocycles. The summed E-state index contributed by atoms with van der Waals surface area (Å²) in [6.45, 7) is 3.29. The van der Waals surface area contributed by atoms with Crippen LogP contribution in [0.2, 0.25) is 5.02 Å². The van der Waals surface area contributed by atoms with Gasteiger partial charge in [-0.3, -0.25) is 4.79 Å². The molecule has 1 saturated heterocycles. The normalized spacial score (nSPS) is 19.3. The highest BCUT2D eigenvalue weighted by Crippen LogP contribution is 2.35. The van der Waals surface area contributed by atoms with Gasteiger partial charge >= 0.3 is 0 Å². The Kier molecular flexibility index (Phi) is 6.62. The van der Waals surface area contributed by atoms with Crippen molar-refractivity contribution in [1.29, 1.82) is 0 Å². The molecule has 2 aromatic rings. The van der Waals surface area contributed by atoms with Crippen LogP contribution in [-0.2, 0) is 21.2 Å². The fourth-order valence-corrected chi connectivity index (χ4v) is 6.61. The molecule has 31 heavy (non-hydrogen) atoms. The standard InChI is InChI=1S/C22H24BrClN2O4S/c1-2-30-20-8-6-18(24)13-21(20)31(28,29)25-10-3-4-16(14-25)22(27)26-11-9-15-12-17(23)5-7-19(15)26/h5-8,12-13,16H,2-4,9-11,14H2,1H3. The molecule has 2 aliphatic heterocycles. The molecule has 1 atom stereocenters. The highest BCUT2D eigenvalue weighted by atomic mass is 79.9. The lowest BCUT2D eigenvalue weighted by Gasteiger charge is -2.33. The van der Waals surface area contributed by atoms with Gasteiger partial charge in [0.15, 0.2) is 0 Å². The summed E-state index contributed by atoms with van der Waals surface area (Å²) in [5.74, 6) is -0.121. The lowest BCUT2D eigenvalue weighted by atomic mass is 9.98. The lowest BCUT2D eigenvalue weighted by molar-refractivity contribution is -0.123. The molecule has 0 saturated carbocycles. The number of carbonyl (C=O) groups excluding carboxylic acids is 1. The Morgan fingerprint density at radius 2 is 2.03 bits per heavy atom. The molecule has 1 amide bonds. The van der Waals surface area contributed by atoms with Crippen molar-refractivity contribution < 1.29 is 17.9 Å². The summed E-state index contributed by atoms with van der Waals surface area (Å²) in [5.41, 5.74) is 2.05. The van der Waals surface area contributed by atoms with Crippen LogP contribution in [0.5, 0.6) is 5.75 Å². The highest BCUT2D eigenvalue weighted by Gasteiger charge is 2.38. The molecule has 6 nitrogen and oxygen atoms in total. The SMILES string of the molecule is CCOc1ccc(Cl)cc1S(=O)(=O)N1CCCC(C(=O)N2CCc3cc(Br)ccc32)C1. The van der Waals surface area contributed by atoms with Crippen molar-refractivity contribution >= 4 is 49.1 Å². The van der Waals surface area contributed by atoms with Gasteiger partial charge in [0.1, 0.15) is 10.6 Å². The van der Waals surface area contributed by atoms with Crippen molar-refractivity contribution in [3.8, 4) is 5.75 Å². The van der Waals surface area contributed by atoms with Crippen LogP contribution < -0.4 is 9.64 Å². The second-order valence-electron chi connectivity index (χ2n) is 7.74. The molecule has 0 N–H and O–H groups in total. The molecule has 1 fully saturated rings. The summed E-state index contributed by atoms with van der Waals surface area (Å²) in [5, 5.41) is 0.325. The number of amides is 1. The topological polar surface area (TPSA) is 66.9 Å². The average molecular weight is 528 g/mol. The van der Waals surface area contributed by atoms with Crippen LogP contribution in [0, 0.1) is 5.92 Å². The number of hydrogen-bond donors (Lipinski definition) is 0. The minimum absolute atomic E-state index is 0.0166. The van der Waals surface area contributed by atoms with Crippen LogP contribution in [0.15, 0.2) is 45.8 Å². The van der Waals surface area contributed by atoms with E-state index < -0.39 is 10.0 Å². The van der Waals surface area contributed by atoms with E-state index in [4.69, 9.17) is 16.3 Å². The zero-order valence-electron chi connectivity index (χ0n) is 17.2. The van der Waals surface area contributed by atoms with Gasteiger partial charge in [-0.1, -0.05) is 27.5 Å². The van der Waals surface area contributed by atoms with E-state index in [1.165, 1.54) is 10.4 Å². The van der Waals surface area contributed by atoms with E-state index in [-0.39, 0.29) is 29.0 Å². The molecule has 9 heteroatoms. The number of piperidine rings is 1. The second kappa shape index (κ2) is 9.10. The maximum absolute atomic E-state index is 13.4. The summed E-state index contributed by atoms with van der Waals surface area (Å²) in [4.78, 5) is 15.2. The summed E-state index contributed by atoms with van der Waals surface area (Å²) in [6, 6.07) is 10.5. The van der Waals surface area contributed by atoms with Crippen LogP contribution in [0.25, 0.3) is 0 Å². The third-order valence-corrected chi connectivity index (χ3v) is 8.37. The Morgan fingerprint density at radius 1 is 1.23 bits per heavy atom. The monoisotopic (exact) mass is 526 g/mol. The number of anilines is 1. The van der Waals surface area contributed by atoms with E-state index in [0.29, 0.717) is 37.6 Å². The summed E-state index contributed by atoms with van der Waals surface area (Å²) in [6.07, 6.45) is 2.10. The maximum atomic E-state index is 13.4. The number of ether oxygens (including phenoxy) is 1. The number of hydrogen-bond acceptors (Lipinski definition) is 4. The third kappa shape index (κ3) is 4.49. The maximum Gasteiger partial charge on any atom is 0.246 e. The molecule has 0 spiro atoms. The summed E-state index contributed by atoms with van der Waals surface area (Å²) < 4.78 is 34.7. The molecule has 1 unspecified atom stereocenters. The van der Waals surface area contributed by atoms with Gasteiger partial charge in [-0.05, 0) is 68.1 Å². The molecule has 2 aliphatic rings. The Morgan fingerprint density at radius 3 is 2.81 bits per heavy atom. The average Bonchev–Trinajstić information content (AvgIpc) is 3.17. The van der Waals surface area contributed by atoms with Crippen LogP contribution in [0.3, 0.4) is 0 Å². The molecular weight excluding hydrogens is 504 g/mol. The first-order valence-corrected chi connectivity index (χ1v) is 12.9. The largest absolute Gasteiger partial charge is 0.492 e. The molecule has 0 aromatic heterocycles. The first kappa shape index (κ1) is 22.6. The number of benzene rings is 2. The van der Waals surface area contributed by atoms with E-state index in [9.17, 15) is 13.2 Å². The van der Waals surface area contributed by atoms with Gasteiger partial charge in [0.05, 0.1) is 12.5 Å². The Bertz CT molecular complexity index is 1110. The highest BCUT2D eigenvalue weighted by molar-refractivity contribution is 9.10. The van der Waals surface area contributed by atoms with Crippen molar-refractivity contribution in [1.82, 2.24) is 4.31 Å². The van der Waals surface area contributed by atoms with Crippen LogP contribution >= 0.6 is 27.5 Å². The molecule has 0 bridgehead atoms. The van der Waals surface area contributed by atoms with E-state index in [2.05, 4.69) is 15.9 Å². The second-order valence-corrected chi connectivity index (χ2v) is 11.0. The lowest BCUT2D eigenvalue weighted by Crippen LogP contribution is -2.46. The smallest absolute Gasteiger partial charge is 0.246 e. The number of nitrogens with zero attached hydrogens (tertiary/aromatic N) is 2. The summed E-state index contributed by atoms with van der Waals surface area (Å²) in [7, 11) is -3.85. The molecular formula is C22H24BrClN2O4S. The first-order chi connectivity index (χ1) is 14.8.